The number of hydrogen-bond acceptors (Lipinski definition) is 5. The van der Waals surface area contributed by atoms with E-state index in [1.807, 2.05) is 36.4 Å². The van der Waals surface area contributed by atoms with Crippen LogP contribution in [-0.4, -0.2) is 18.4 Å². The van der Waals surface area contributed by atoms with Gasteiger partial charge < -0.3 is 19.8 Å². The van der Waals surface area contributed by atoms with E-state index >= 15 is 0 Å². The number of furan rings is 1. The molecular formula is C22H19N3O4. The number of hydrogen-bond donors (Lipinski definition) is 2. The molecule has 0 saturated heterocycles. The second-order valence-electron chi connectivity index (χ2n) is 6.11. The van der Waals surface area contributed by atoms with E-state index in [4.69, 9.17) is 14.4 Å². The van der Waals surface area contributed by atoms with Crippen molar-refractivity contribution in [1.82, 2.24) is 10.6 Å². The lowest BCUT2D eigenvalue weighted by Gasteiger charge is -2.06. The van der Waals surface area contributed by atoms with E-state index in [-0.39, 0.29) is 24.8 Å². The van der Waals surface area contributed by atoms with E-state index < -0.39 is 5.91 Å². The molecule has 0 fully saturated rings. The predicted octanol–water partition coefficient (Wildman–Crippen LogP) is 2.78. The summed E-state index contributed by atoms with van der Waals surface area (Å²) in [6.45, 7) is 0.305. The molecule has 0 bridgehead atoms. The normalized spacial score (nSPS) is 10.0. The van der Waals surface area contributed by atoms with Crippen LogP contribution in [0.15, 0.2) is 71.1 Å². The van der Waals surface area contributed by atoms with E-state index in [0.717, 1.165) is 5.56 Å². The second-order valence-corrected chi connectivity index (χ2v) is 6.11. The molecule has 2 N–H and O–H groups in total. The van der Waals surface area contributed by atoms with Crippen LogP contribution < -0.4 is 15.4 Å². The maximum atomic E-state index is 12.1. The van der Waals surface area contributed by atoms with Crippen molar-refractivity contribution >= 4 is 11.8 Å². The van der Waals surface area contributed by atoms with Crippen molar-refractivity contribution in [1.29, 1.82) is 5.26 Å². The average molecular weight is 389 g/mol. The summed E-state index contributed by atoms with van der Waals surface area (Å²) in [6, 6.07) is 21.5. The van der Waals surface area contributed by atoms with Crippen LogP contribution in [0.3, 0.4) is 0 Å². The first kappa shape index (κ1) is 19.7. The zero-order chi connectivity index (χ0) is 20.5. The number of nitrogens with one attached hydrogen (secondary N) is 2. The smallest absolute Gasteiger partial charge is 0.287 e. The quantitative estimate of drug-likeness (QED) is 0.616. The van der Waals surface area contributed by atoms with Crippen LogP contribution in [0.2, 0.25) is 0 Å². The van der Waals surface area contributed by atoms with Gasteiger partial charge in [-0.3, -0.25) is 9.59 Å². The summed E-state index contributed by atoms with van der Waals surface area (Å²) >= 11 is 0. The molecule has 0 saturated carbocycles. The number of carbonyl (C=O) groups excluding carboxylic acids is 2. The van der Waals surface area contributed by atoms with Gasteiger partial charge in [-0.05, 0) is 29.8 Å². The Bertz CT molecular complexity index is 1020. The highest BCUT2D eigenvalue weighted by Gasteiger charge is 2.13. The fourth-order valence-electron chi connectivity index (χ4n) is 2.52. The monoisotopic (exact) mass is 389 g/mol. The molecule has 1 heterocycles. The first-order chi connectivity index (χ1) is 14.2. The van der Waals surface area contributed by atoms with E-state index in [1.165, 1.54) is 6.07 Å². The fourth-order valence-corrected chi connectivity index (χ4v) is 2.52. The van der Waals surface area contributed by atoms with Crippen molar-refractivity contribution in [3.05, 3.63) is 89.4 Å². The van der Waals surface area contributed by atoms with E-state index in [2.05, 4.69) is 10.6 Å². The number of ether oxygens (including phenoxy) is 1. The predicted molar refractivity (Wildman–Crippen MR) is 105 cm³/mol. The minimum absolute atomic E-state index is 0.0730. The molecule has 0 atom stereocenters. The molecule has 0 aliphatic carbocycles. The molecular weight excluding hydrogens is 370 g/mol. The minimum atomic E-state index is -0.497. The standard InChI is InChI=1S/C22H19N3O4/c23-12-17-8-4-5-9-19(17)28-15-18-10-11-20(29-18)22(27)25-14-21(26)24-13-16-6-2-1-3-7-16/h1-11H,13-15H2,(H,24,26)(H,25,27). The van der Waals surface area contributed by atoms with E-state index in [1.54, 1.807) is 30.3 Å². The van der Waals surface area contributed by atoms with Gasteiger partial charge in [-0.15, -0.1) is 0 Å². The molecule has 0 radical (unpaired) electrons. The van der Waals surface area contributed by atoms with Crippen molar-refractivity contribution in [2.45, 2.75) is 13.2 Å². The lowest BCUT2D eigenvalue weighted by molar-refractivity contribution is -0.120. The van der Waals surface area contributed by atoms with Gasteiger partial charge in [0, 0.05) is 6.54 Å². The highest BCUT2D eigenvalue weighted by Crippen LogP contribution is 2.19. The van der Waals surface area contributed by atoms with Gasteiger partial charge in [-0.25, -0.2) is 0 Å². The highest BCUT2D eigenvalue weighted by atomic mass is 16.5. The Kier molecular flexibility index (Phi) is 6.63. The van der Waals surface area contributed by atoms with E-state index in [0.29, 0.717) is 23.6 Å². The van der Waals surface area contributed by atoms with Gasteiger partial charge in [0.1, 0.15) is 24.2 Å². The first-order valence-corrected chi connectivity index (χ1v) is 8.95. The van der Waals surface area contributed by atoms with Crippen LogP contribution in [0, 0.1) is 11.3 Å². The minimum Gasteiger partial charge on any atom is -0.484 e. The van der Waals surface area contributed by atoms with E-state index in [9.17, 15) is 9.59 Å². The third-order valence-electron chi connectivity index (χ3n) is 4.00. The van der Waals surface area contributed by atoms with Crippen molar-refractivity contribution in [2.24, 2.45) is 0 Å². The lowest BCUT2D eigenvalue weighted by atomic mass is 10.2. The summed E-state index contributed by atoms with van der Waals surface area (Å²) in [5, 5.41) is 14.3. The van der Waals surface area contributed by atoms with Crippen LogP contribution in [0.5, 0.6) is 5.75 Å². The Labute approximate surface area is 167 Å². The zero-order valence-corrected chi connectivity index (χ0v) is 15.6. The number of benzene rings is 2. The summed E-state index contributed by atoms with van der Waals surface area (Å²) in [6.07, 6.45) is 0. The Morgan fingerprint density at radius 1 is 0.966 bits per heavy atom. The maximum absolute atomic E-state index is 12.1. The van der Waals surface area contributed by atoms with Gasteiger partial charge in [0.15, 0.2) is 5.76 Å². The Morgan fingerprint density at radius 2 is 1.72 bits per heavy atom. The molecule has 3 rings (SSSR count). The number of para-hydroxylation sites is 1. The van der Waals surface area contributed by atoms with Crippen molar-refractivity contribution in [3.63, 3.8) is 0 Å². The summed E-state index contributed by atoms with van der Waals surface area (Å²) in [4.78, 5) is 24.0. The number of carbonyl (C=O) groups is 2. The van der Waals surface area contributed by atoms with Gasteiger partial charge in [-0.1, -0.05) is 42.5 Å². The molecule has 29 heavy (non-hydrogen) atoms. The molecule has 146 valence electrons. The van der Waals surface area contributed by atoms with Crippen molar-refractivity contribution < 1.29 is 18.7 Å². The van der Waals surface area contributed by atoms with Crippen molar-refractivity contribution in [2.75, 3.05) is 6.54 Å². The number of amides is 2. The van der Waals surface area contributed by atoms with Crippen LogP contribution in [0.1, 0.15) is 27.4 Å². The summed E-state index contributed by atoms with van der Waals surface area (Å²) in [5.74, 6) is 0.144. The highest BCUT2D eigenvalue weighted by molar-refractivity contribution is 5.94. The molecule has 7 nitrogen and oxygen atoms in total. The second kappa shape index (κ2) is 9.76. The molecule has 7 heteroatoms. The van der Waals surface area contributed by atoms with Gasteiger partial charge in [0.2, 0.25) is 5.91 Å². The zero-order valence-electron chi connectivity index (χ0n) is 15.6. The summed E-state index contributed by atoms with van der Waals surface area (Å²) in [7, 11) is 0. The number of rotatable bonds is 8. The maximum Gasteiger partial charge on any atom is 0.287 e. The third kappa shape index (κ3) is 5.71. The molecule has 0 aliphatic rings. The molecule has 0 unspecified atom stereocenters. The largest absolute Gasteiger partial charge is 0.484 e. The number of nitrogens with zero attached hydrogens (tertiary/aromatic N) is 1. The summed E-state index contributed by atoms with van der Waals surface area (Å²) < 4.78 is 11.0. The molecule has 0 spiro atoms. The SMILES string of the molecule is N#Cc1ccccc1OCc1ccc(C(=O)NCC(=O)NCc2ccccc2)o1. The average Bonchev–Trinajstić information content (AvgIpc) is 3.24. The Morgan fingerprint density at radius 3 is 2.52 bits per heavy atom. The first-order valence-electron chi connectivity index (χ1n) is 8.95. The van der Waals surface area contributed by atoms with Crippen LogP contribution in [-0.2, 0) is 17.9 Å². The third-order valence-corrected chi connectivity index (χ3v) is 4.00. The molecule has 0 aliphatic heterocycles. The van der Waals surface area contributed by atoms with Gasteiger partial charge in [-0.2, -0.15) is 5.26 Å². The van der Waals surface area contributed by atoms with Gasteiger partial charge >= 0.3 is 0 Å². The lowest BCUT2D eigenvalue weighted by Crippen LogP contribution is -2.36. The van der Waals surface area contributed by atoms with Gasteiger partial charge in [0.05, 0.1) is 12.1 Å². The topological polar surface area (TPSA) is 104 Å². The number of nitriles is 1. The Balaban J connectivity index is 1.45. The molecule has 3 aromatic rings. The molecule has 1 aromatic heterocycles. The van der Waals surface area contributed by atoms with Crippen molar-refractivity contribution in [3.8, 4) is 11.8 Å². The fraction of sp³-hybridized carbons (Fsp3) is 0.136. The Hall–Kier alpha value is -4.05. The van der Waals surface area contributed by atoms with Crippen LogP contribution >= 0.6 is 0 Å². The van der Waals surface area contributed by atoms with Crippen LogP contribution in [0.4, 0.5) is 0 Å². The van der Waals surface area contributed by atoms with Gasteiger partial charge in [0.25, 0.3) is 5.91 Å². The summed E-state index contributed by atoms with van der Waals surface area (Å²) in [5.41, 5.74) is 1.39. The molecule has 2 aromatic carbocycles. The molecule has 2 amide bonds. The van der Waals surface area contributed by atoms with Crippen LogP contribution in [0.25, 0.3) is 0 Å².